The van der Waals surface area contributed by atoms with Crippen LogP contribution in [-0.4, -0.2) is 0 Å². The van der Waals surface area contributed by atoms with E-state index in [1.807, 2.05) is 12.2 Å². The first-order chi connectivity index (χ1) is 48.1. The molecule has 0 amide bonds. The van der Waals surface area contributed by atoms with Crippen molar-refractivity contribution in [1.82, 2.24) is 0 Å². The van der Waals surface area contributed by atoms with E-state index in [-0.39, 0.29) is 5.41 Å². The highest BCUT2D eigenvalue weighted by molar-refractivity contribution is 6.14. The zero-order chi connectivity index (χ0) is 67.8. The standard InChI is InChI=1S/C96H100N2/c1-9-15-17-19-21-23-29-79-68-92(77-49-61-85(62-50-77)97(82-55-35-70(7)36-56-82)83-57-45-75(46-58-83)73-41-37-71(12-4)38-42-73)88-31-25-27-33-90(88)94(79)95-80(30-24-22-20-18-16-10-2)69-93(89-32-26-28-34-91(89)95)78-51-63-86(64-52-78)98(87-65-53-81(54-66-87)96(8,14-6)67-11-3)84-59-47-76(48-60-84)74-43-39-72(13-5)40-44-74/h12-13,25-28,31-66,68-69H,4-5,9-11,14-24,29-30,67H2,1-3,6-8H3. The second-order valence-corrected chi connectivity index (χ2v) is 27.6. The Hall–Kier alpha value is -9.76. The lowest BCUT2D eigenvalue weighted by molar-refractivity contribution is 0.414. The lowest BCUT2D eigenvalue weighted by Crippen LogP contribution is -2.20. The molecule has 0 spiro atoms. The Kier molecular flexibility index (Phi) is 22.6. The fraction of sp³-hybridized carbons (Fsp3) is 0.250. The van der Waals surface area contributed by atoms with Gasteiger partial charge in [-0.15, -0.1) is 0 Å². The number of nitrogens with zero attached hydrogens (tertiary/aromatic N) is 2. The molecule has 0 saturated carbocycles. The van der Waals surface area contributed by atoms with Gasteiger partial charge in [-0.05, 0) is 241 Å². The van der Waals surface area contributed by atoms with Crippen LogP contribution in [0.3, 0.4) is 0 Å². The number of hydrogen-bond acceptors (Lipinski definition) is 2. The van der Waals surface area contributed by atoms with Gasteiger partial charge in [0.1, 0.15) is 0 Å². The maximum atomic E-state index is 3.99. The topological polar surface area (TPSA) is 6.48 Å². The molecule has 494 valence electrons. The van der Waals surface area contributed by atoms with Gasteiger partial charge in [0.2, 0.25) is 0 Å². The highest BCUT2D eigenvalue weighted by Gasteiger charge is 2.26. The van der Waals surface area contributed by atoms with Gasteiger partial charge in [-0.2, -0.15) is 0 Å². The zero-order valence-electron chi connectivity index (χ0n) is 59.2. The number of benzene rings is 12. The quantitative estimate of drug-likeness (QED) is 0.0400. The van der Waals surface area contributed by atoms with Crippen molar-refractivity contribution in [1.29, 1.82) is 0 Å². The third kappa shape index (κ3) is 15.5. The predicted octanol–water partition coefficient (Wildman–Crippen LogP) is 29.1. The lowest BCUT2D eigenvalue weighted by atomic mass is 9.76. The minimum absolute atomic E-state index is 0.135. The van der Waals surface area contributed by atoms with Crippen LogP contribution in [0.25, 0.3) is 89.3 Å². The Labute approximate surface area is 587 Å². The van der Waals surface area contributed by atoms with Gasteiger partial charge in [-0.3, -0.25) is 0 Å². The van der Waals surface area contributed by atoms with Gasteiger partial charge in [-0.25, -0.2) is 0 Å². The summed E-state index contributed by atoms with van der Waals surface area (Å²) >= 11 is 0. The molecule has 0 aliphatic rings. The average Bonchev–Trinajstić information content (AvgIpc) is 0.734. The van der Waals surface area contributed by atoms with Gasteiger partial charge in [0.05, 0.1) is 0 Å². The van der Waals surface area contributed by atoms with Crippen LogP contribution in [0, 0.1) is 6.92 Å². The molecular weight excluding hydrogens is 1180 g/mol. The van der Waals surface area contributed by atoms with E-state index >= 15 is 0 Å². The average molecular weight is 1280 g/mol. The number of fused-ring (bicyclic) bond motifs is 2. The summed E-state index contributed by atoms with van der Waals surface area (Å²) in [5.74, 6) is 0. The molecule has 0 saturated heterocycles. The summed E-state index contributed by atoms with van der Waals surface area (Å²) in [7, 11) is 0. The van der Waals surface area contributed by atoms with Crippen molar-refractivity contribution < 1.29 is 0 Å². The Balaban J connectivity index is 0.961. The predicted molar refractivity (Wildman–Crippen MR) is 430 cm³/mol. The first-order valence-electron chi connectivity index (χ1n) is 36.9. The molecule has 12 rings (SSSR count). The number of unbranched alkanes of at least 4 members (excludes halogenated alkanes) is 10. The van der Waals surface area contributed by atoms with E-state index in [4.69, 9.17) is 0 Å². The molecule has 0 N–H and O–H groups in total. The molecule has 2 heteroatoms. The van der Waals surface area contributed by atoms with Crippen LogP contribution >= 0.6 is 0 Å². The summed E-state index contributed by atoms with van der Waals surface area (Å²) in [4.78, 5) is 4.83. The first kappa shape index (κ1) is 68.2. The highest BCUT2D eigenvalue weighted by atomic mass is 15.1. The third-order valence-corrected chi connectivity index (χ3v) is 20.9. The molecule has 0 radical (unpaired) electrons. The van der Waals surface area contributed by atoms with Gasteiger partial charge in [-0.1, -0.05) is 306 Å². The molecule has 0 heterocycles. The molecule has 0 aliphatic carbocycles. The van der Waals surface area contributed by atoms with E-state index in [0.29, 0.717) is 0 Å². The summed E-state index contributed by atoms with van der Waals surface area (Å²) in [6.07, 6.45) is 24.3. The Morgan fingerprint density at radius 1 is 0.327 bits per heavy atom. The fourth-order valence-corrected chi connectivity index (χ4v) is 15.0. The number of rotatable bonds is 31. The van der Waals surface area contributed by atoms with Gasteiger partial charge >= 0.3 is 0 Å². The highest BCUT2D eigenvalue weighted by Crippen LogP contribution is 2.48. The third-order valence-electron chi connectivity index (χ3n) is 20.9. The summed E-state index contributed by atoms with van der Waals surface area (Å²) in [5.41, 5.74) is 27.3. The van der Waals surface area contributed by atoms with Crippen LogP contribution in [0.15, 0.2) is 268 Å². The number of hydrogen-bond donors (Lipinski definition) is 0. The van der Waals surface area contributed by atoms with Crippen LogP contribution in [0.5, 0.6) is 0 Å². The monoisotopic (exact) mass is 1280 g/mol. The zero-order valence-corrected chi connectivity index (χ0v) is 59.2. The Bertz CT molecular complexity index is 4570. The summed E-state index contributed by atoms with van der Waals surface area (Å²) in [5, 5.41) is 5.25. The maximum absolute atomic E-state index is 3.99. The van der Waals surface area contributed by atoms with Crippen LogP contribution in [0.1, 0.15) is 164 Å². The Morgan fingerprint density at radius 3 is 0.969 bits per heavy atom. The number of aryl methyl sites for hydroxylation is 3. The molecule has 1 atom stereocenters. The Morgan fingerprint density at radius 2 is 0.633 bits per heavy atom. The smallest absolute Gasteiger partial charge is 0.0462 e. The molecule has 0 bridgehead atoms. The minimum atomic E-state index is 0.135. The second kappa shape index (κ2) is 32.5. The second-order valence-electron chi connectivity index (χ2n) is 27.6. The summed E-state index contributed by atoms with van der Waals surface area (Å²) < 4.78 is 0. The molecule has 2 nitrogen and oxygen atoms in total. The lowest BCUT2D eigenvalue weighted by Gasteiger charge is -2.30. The van der Waals surface area contributed by atoms with Crippen molar-refractivity contribution in [2.24, 2.45) is 0 Å². The molecular formula is C96H100N2. The van der Waals surface area contributed by atoms with E-state index in [1.54, 1.807) is 0 Å². The van der Waals surface area contributed by atoms with Gasteiger partial charge < -0.3 is 9.80 Å². The normalized spacial score (nSPS) is 12.0. The van der Waals surface area contributed by atoms with Crippen molar-refractivity contribution >= 4 is 67.8 Å². The molecule has 12 aromatic rings. The SMILES string of the molecule is C=Cc1ccc(-c2ccc(N(c3ccc(C)cc3)c3ccc(-c4cc(CCCCCCCC)c(-c5c(CCCCCCCC)cc(-c6ccc(N(c7ccc(-c8ccc(C=C)cc8)cc7)c7ccc(C(C)(CC)CCC)cc7)cc6)c6ccccc56)c5ccccc45)cc3)cc2)cc1. The van der Waals surface area contributed by atoms with Gasteiger partial charge in [0.25, 0.3) is 0 Å². The van der Waals surface area contributed by atoms with Gasteiger partial charge in [0, 0.05) is 34.1 Å². The van der Waals surface area contributed by atoms with Crippen LogP contribution in [0.2, 0.25) is 0 Å². The van der Waals surface area contributed by atoms with Crippen molar-refractivity contribution in [3.8, 4) is 55.6 Å². The van der Waals surface area contributed by atoms with E-state index in [9.17, 15) is 0 Å². The van der Waals surface area contributed by atoms with Gasteiger partial charge in [0.15, 0.2) is 0 Å². The van der Waals surface area contributed by atoms with Crippen LogP contribution in [-0.2, 0) is 18.3 Å². The van der Waals surface area contributed by atoms with Crippen molar-refractivity contribution in [3.05, 3.63) is 301 Å². The van der Waals surface area contributed by atoms with Crippen molar-refractivity contribution in [3.63, 3.8) is 0 Å². The van der Waals surface area contributed by atoms with Crippen molar-refractivity contribution in [2.75, 3.05) is 9.80 Å². The molecule has 1 unspecified atom stereocenters. The molecule has 0 aliphatic heterocycles. The number of anilines is 6. The minimum Gasteiger partial charge on any atom is -0.311 e. The van der Waals surface area contributed by atoms with Crippen molar-refractivity contribution in [2.45, 2.75) is 156 Å². The first-order valence-corrected chi connectivity index (χ1v) is 36.9. The van der Waals surface area contributed by atoms with E-state index in [1.165, 1.54) is 170 Å². The molecule has 0 aromatic heterocycles. The summed E-state index contributed by atoms with van der Waals surface area (Å²) in [6.45, 7) is 21.8. The fourth-order valence-electron chi connectivity index (χ4n) is 15.0. The van der Waals surface area contributed by atoms with E-state index < -0.39 is 0 Å². The van der Waals surface area contributed by atoms with E-state index in [2.05, 4.69) is 319 Å². The largest absolute Gasteiger partial charge is 0.311 e. The molecule has 98 heavy (non-hydrogen) atoms. The summed E-state index contributed by atoms with van der Waals surface area (Å²) in [6, 6.07) is 96.6. The molecule has 0 fully saturated rings. The maximum Gasteiger partial charge on any atom is 0.0462 e. The van der Waals surface area contributed by atoms with Crippen LogP contribution in [0.4, 0.5) is 34.1 Å². The molecule has 12 aromatic carbocycles. The van der Waals surface area contributed by atoms with E-state index in [0.717, 1.165) is 83.8 Å². The van der Waals surface area contributed by atoms with Crippen LogP contribution < -0.4 is 9.80 Å².